The molecule has 0 unspecified atom stereocenters. The fourth-order valence-corrected chi connectivity index (χ4v) is 2.48. The number of benzene rings is 1. The van der Waals surface area contributed by atoms with Gasteiger partial charge in [-0.3, -0.25) is 4.98 Å². The molecule has 4 heteroatoms. The van der Waals surface area contributed by atoms with Crippen LogP contribution in [0.15, 0.2) is 53.2 Å². The predicted octanol–water partition coefficient (Wildman–Crippen LogP) is 3.81. The molecule has 0 bridgehead atoms. The number of nitrogens with one attached hydrogen (secondary N) is 1. The highest BCUT2D eigenvalue weighted by atomic mass is 35.5. The highest BCUT2D eigenvalue weighted by Gasteiger charge is 2.10. The first-order valence-corrected chi connectivity index (χ1v) is 6.98. The zero-order chi connectivity index (χ0) is 13.8. The van der Waals surface area contributed by atoms with Gasteiger partial charge in [-0.15, -0.1) is 0 Å². The summed E-state index contributed by atoms with van der Waals surface area (Å²) in [5, 5.41) is 4.96. The minimum absolute atomic E-state index is 0.475. The molecule has 3 rings (SSSR count). The van der Waals surface area contributed by atoms with Gasteiger partial charge in [0.05, 0.1) is 0 Å². The Morgan fingerprint density at radius 2 is 1.90 bits per heavy atom. The summed E-state index contributed by atoms with van der Waals surface area (Å²) in [7, 11) is 0. The van der Waals surface area contributed by atoms with E-state index in [1.54, 1.807) is 0 Å². The largest absolute Gasteiger partial charge is 0.444 e. The topological polar surface area (TPSA) is 38.1 Å². The highest BCUT2D eigenvalue weighted by Crippen LogP contribution is 2.29. The standard InChI is InChI=1S/C16H15ClN2O/c17-16-14(13-3-1-2-4-15(13)20-16)11-19-10-7-12-5-8-18-9-6-12/h1-6,8-9,19H,7,10-11H2. The highest BCUT2D eigenvalue weighted by molar-refractivity contribution is 6.30. The van der Waals surface area contributed by atoms with Crippen LogP contribution in [0.2, 0.25) is 5.22 Å². The van der Waals surface area contributed by atoms with Crippen molar-refractivity contribution >= 4 is 22.6 Å². The first-order valence-electron chi connectivity index (χ1n) is 6.60. The SMILES string of the molecule is Clc1oc2ccccc2c1CNCCc1ccncc1. The number of furan rings is 1. The Bertz CT molecular complexity index is 694. The van der Waals surface area contributed by atoms with Crippen LogP contribution in [-0.4, -0.2) is 11.5 Å². The molecule has 0 saturated carbocycles. The molecule has 102 valence electrons. The first-order chi connectivity index (χ1) is 9.84. The number of fused-ring (bicyclic) bond motifs is 1. The maximum absolute atomic E-state index is 6.15. The van der Waals surface area contributed by atoms with Gasteiger partial charge in [-0.2, -0.15) is 0 Å². The van der Waals surface area contributed by atoms with Crippen LogP contribution in [0, 0.1) is 0 Å². The molecule has 0 aliphatic carbocycles. The van der Waals surface area contributed by atoms with Crippen molar-refractivity contribution in [2.75, 3.05) is 6.54 Å². The number of para-hydroxylation sites is 1. The summed E-state index contributed by atoms with van der Waals surface area (Å²) in [6.07, 6.45) is 4.60. The van der Waals surface area contributed by atoms with E-state index in [9.17, 15) is 0 Å². The smallest absolute Gasteiger partial charge is 0.199 e. The zero-order valence-corrected chi connectivity index (χ0v) is 11.7. The molecular formula is C16H15ClN2O. The molecule has 0 aliphatic rings. The summed E-state index contributed by atoms with van der Waals surface area (Å²) < 4.78 is 5.53. The van der Waals surface area contributed by atoms with Crippen molar-refractivity contribution in [1.82, 2.24) is 10.3 Å². The van der Waals surface area contributed by atoms with Crippen LogP contribution in [0.25, 0.3) is 11.0 Å². The molecular weight excluding hydrogens is 272 g/mol. The molecule has 2 heterocycles. The van der Waals surface area contributed by atoms with Crippen molar-refractivity contribution in [2.45, 2.75) is 13.0 Å². The maximum Gasteiger partial charge on any atom is 0.199 e. The lowest BCUT2D eigenvalue weighted by Gasteiger charge is -2.04. The summed E-state index contributed by atoms with van der Waals surface area (Å²) in [4.78, 5) is 4.01. The summed E-state index contributed by atoms with van der Waals surface area (Å²) >= 11 is 6.15. The van der Waals surface area contributed by atoms with E-state index in [1.807, 2.05) is 48.8 Å². The minimum atomic E-state index is 0.475. The summed E-state index contributed by atoms with van der Waals surface area (Å²) in [5.41, 5.74) is 3.14. The minimum Gasteiger partial charge on any atom is -0.444 e. The molecule has 0 radical (unpaired) electrons. The number of aromatic nitrogens is 1. The van der Waals surface area contributed by atoms with Gasteiger partial charge >= 0.3 is 0 Å². The second-order valence-corrected chi connectivity index (χ2v) is 4.98. The molecule has 0 aliphatic heterocycles. The molecule has 3 aromatic rings. The third kappa shape index (κ3) is 2.84. The van der Waals surface area contributed by atoms with Gasteiger partial charge in [0.1, 0.15) is 5.58 Å². The quantitative estimate of drug-likeness (QED) is 0.725. The van der Waals surface area contributed by atoms with Crippen molar-refractivity contribution in [2.24, 2.45) is 0 Å². The fraction of sp³-hybridized carbons (Fsp3) is 0.188. The second-order valence-electron chi connectivity index (χ2n) is 4.63. The van der Waals surface area contributed by atoms with Crippen molar-refractivity contribution in [3.05, 3.63) is 65.1 Å². The van der Waals surface area contributed by atoms with Gasteiger partial charge in [0.2, 0.25) is 0 Å². The normalized spacial score (nSPS) is 11.1. The second kappa shape index (κ2) is 6.07. The van der Waals surface area contributed by atoms with Gasteiger partial charge in [0.15, 0.2) is 5.22 Å². The fourth-order valence-electron chi connectivity index (χ4n) is 2.23. The Morgan fingerprint density at radius 3 is 2.75 bits per heavy atom. The average molecular weight is 287 g/mol. The number of pyridine rings is 1. The van der Waals surface area contributed by atoms with Crippen molar-refractivity contribution in [3.8, 4) is 0 Å². The summed E-state index contributed by atoms with van der Waals surface area (Å²) in [6.45, 7) is 1.60. The molecule has 0 amide bonds. The molecule has 0 saturated heterocycles. The lowest BCUT2D eigenvalue weighted by molar-refractivity contribution is 0.604. The molecule has 3 nitrogen and oxygen atoms in total. The van der Waals surface area contributed by atoms with E-state index in [0.29, 0.717) is 11.8 Å². The summed E-state index contributed by atoms with van der Waals surface area (Å²) in [6, 6.07) is 12.0. The molecule has 2 aromatic heterocycles. The van der Waals surface area contributed by atoms with E-state index in [0.717, 1.165) is 29.5 Å². The molecule has 1 N–H and O–H groups in total. The van der Waals surface area contributed by atoms with Gasteiger partial charge < -0.3 is 9.73 Å². The number of halogens is 1. The van der Waals surface area contributed by atoms with Gasteiger partial charge in [0, 0.05) is 29.9 Å². The van der Waals surface area contributed by atoms with Crippen LogP contribution in [0.3, 0.4) is 0 Å². The van der Waals surface area contributed by atoms with E-state index in [2.05, 4.69) is 10.3 Å². The molecule has 1 aromatic carbocycles. The summed E-state index contributed by atoms with van der Waals surface area (Å²) in [5.74, 6) is 0. The van der Waals surface area contributed by atoms with Crippen molar-refractivity contribution in [3.63, 3.8) is 0 Å². The first kappa shape index (κ1) is 13.2. The van der Waals surface area contributed by atoms with E-state index in [4.69, 9.17) is 16.0 Å². The van der Waals surface area contributed by atoms with Crippen LogP contribution in [-0.2, 0) is 13.0 Å². The molecule has 0 atom stereocenters. The molecule has 20 heavy (non-hydrogen) atoms. The third-order valence-corrected chi connectivity index (χ3v) is 3.60. The maximum atomic E-state index is 6.15. The predicted molar refractivity (Wildman–Crippen MR) is 80.9 cm³/mol. The lowest BCUT2D eigenvalue weighted by Crippen LogP contribution is -2.16. The Hall–Kier alpha value is -1.84. The molecule has 0 spiro atoms. The monoisotopic (exact) mass is 286 g/mol. The van der Waals surface area contributed by atoms with E-state index in [1.165, 1.54) is 5.56 Å². The Labute approximate surface area is 122 Å². The number of rotatable bonds is 5. The zero-order valence-electron chi connectivity index (χ0n) is 11.0. The van der Waals surface area contributed by atoms with Crippen LogP contribution in [0.5, 0.6) is 0 Å². The van der Waals surface area contributed by atoms with Gasteiger partial charge in [-0.1, -0.05) is 18.2 Å². The van der Waals surface area contributed by atoms with Gasteiger partial charge in [-0.05, 0) is 48.3 Å². The van der Waals surface area contributed by atoms with Crippen LogP contribution < -0.4 is 5.32 Å². The van der Waals surface area contributed by atoms with Crippen LogP contribution in [0.1, 0.15) is 11.1 Å². The molecule has 0 fully saturated rings. The van der Waals surface area contributed by atoms with Crippen molar-refractivity contribution in [1.29, 1.82) is 0 Å². The van der Waals surface area contributed by atoms with Gasteiger partial charge in [-0.25, -0.2) is 0 Å². The van der Waals surface area contributed by atoms with Crippen molar-refractivity contribution < 1.29 is 4.42 Å². The Balaban J connectivity index is 1.61. The average Bonchev–Trinajstić information content (AvgIpc) is 2.80. The number of nitrogens with zero attached hydrogens (tertiary/aromatic N) is 1. The van der Waals surface area contributed by atoms with E-state index >= 15 is 0 Å². The van der Waals surface area contributed by atoms with E-state index < -0.39 is 0 Å². The Morgan fingerprint density at radius 1 is 1.10 bits per heavy atom. The van der Waals surface area contributed by atoms with Gasteiger partial charge in [0.25, 0.3) is 0 Å². The number of hydrogen-bond acceptors (Lipinski definition) is 3. The lowest BCUT2D eigenvalue weighted by atomic mass is 10.1. The van der Waals surface area contributed by atoms with Crippen LogP contribution in [0.4, 0.5) is 0 Å². The van der Waals surface area contributed by atoms with E-state index in [-0.39, 0.29) is 0 Å². The Kier molecular flexibility index (Phi) is 4.00. The third-order valence-electron chi connectivity index (χ3n) is 3.29. The number of hydrogen-bond donors (Lipinski definition) is 1. The van der Waals surface area contributed by atoms with Crippen LogP contribution >= 0.6 is 11.6 Å².